The van der Waals surface area contributed by atoms with Crippen LogP contribution in [-0.2, 0) is 4.79 Å². The van der Waals surface area contributed by atoms with Gasteiger partial charge in [0.25, 0.3) is 0 Å². The lowest BCUT2D eigenvalue weighted by atomic mass is 10.2. The highest BCUT2D eigenvalue weighted by Gasteiger charge is 2.18. The molecule has 0 rings (SSSR count). The van der Waals surface area contributed by atoms with Gasteiger partial charge in [0.15, 0.2) is 0 Å². The number of carbonyl (C=O) groups is 1. The molecule has 0 aromatic heterocycles. The molecule has 0 saturated carbocycles. The normalized spacial score (nSPS) is 12.8. The van der Waals surface area contributed by atoms with Crippen LogP contribution in [0.5, 0.6) is 0 Å². The van der Waals surface area contributed by atoms with Crippen LogP contribution in [0.25, 0.3) is 0 Å². The fraction of sp³-hybridized carbons (Fsp3) is 0.923. The standard InChI is InChI=1S/C13H28N2OS/c1-6-9-15(7-2)13(16)10-12(17-8-3)11-14(4)5/h12H,6-11H2,1-5H3. The molecule has 0 bridgehead atoms. The zero-order valence-corrected chi connectivity index (χ0v) is 12.8. The van der Waals surface area contributed by atoms with Gasteiger partial charge in [0.1, 0.15) is 0 Å². The van der Waals surface area contributed by atoms with E-state index in [9.17, 15) is 4.79 Å². The second-order valence-electron chi connectivity index (χ2n) is 4.52. The molecule has 0 radical (unpaired) electrons. The van der Waals surface area contributed by atoms with Crippen molar-refractivity contribution >= 4 is 17.7 Å². The minimum absolute atomic E-state index is 0.308. The van der Waals surface area contributed by atoms with Crippen molar-refractivity contribution in [2.45, 2.75) is 38.9 Å². The molecule has 0 aliphatic rings. The van der Waals surface area contributed by atoms with E-state index in [0.29, 0.717) is 17.6 Å². The number of carbonyl (C=O) groups excluding carboxylic acids is 1. The van der Waals surface area contributed by atoms with Gasteiger partial charge in [-0.3, -0.25) is 4.79 Å². The van der Waals surface area contributed by atoms with Crippen molar-refractivity contribution < 1.29 is 4.79 Å². The van der Waals surface area contributed by atoms with Crippen LogP contribution in [0.4, 0.5) is 0 Å². The first-order valence-electron chi connectivity index (χ1n) is 6.59. The van der Waals surface area contributed by atoms with Crippen LogP contribution in [-0.4, -0.2) is 60.4 Å². The van der Waals surface area contributed by atoms with Gasteiger partial charge in [0.05, 0.1) is 0 Å². The number of rotatable bonds is 9. The average molecular weight is 260 g/mol. The second-order valence-corrected chi connectivity index (χ2v) is 6.09. The minimum Gasteiger partial charge on any atom is -0.343 e. The van der Waals surface area contributed by atoms with E-state index in [1.54, 1.807) is 0 Å². The van der Waals surface area contributed by atoms with Crippen LogP contribution in [0.2, 0.25) is 0 Å². The number of nitrogens with zero attached hydrogens (tertiary/aromatic N) is 2. The third-order valence-electron chi connectivity index (χ3n) is 2.60. The third kappa shape index (κ3) is 7.66. The summed E-state index contributed by atoms with van der Waals surface area (Å²) in [4.78, 5) is 16.3. The Balaban J connectivity index is 4.26. The topological polar surface area (TPSA) is 23.6 Å². The Morgan fingerprint density at radius 3 is 2.29 bits per heavy atom. The maximum absolute atomic E-state index is 12.1. The highest BCUT2D eigenvalue weighted by atomic mass is 32.2. The predicted octanol–water partition coefficient (Wildman–Crippen LogP) is 2.32. The van der Waals surface area contributed by atoms with Crippen LogP contribution in [0.1, 0.15) is 33.6 Å². The molecule has 4 heteroatoms. The van der Waals surface area contributed by atoms with Crippen LogP contribution < -0.4 is 0 Å². The maximum Gasteiger partial charge on any atom is 0.223 e. The van der Waals surface area contributed by atoms with Gasteiger partial charge in [-0.1, -0.05) is 13.8 Å². The van der Waals surface area contributed by atoms with E-state index in [1.807, 2.05) is 16.7 Å². The molecule has 1 atom stereocenters. The monoisotopic (exact) mass is 260 g/mol. The number of hydrogen-bond donors (Lipinski definition) is 0. The Hall–Kier alpha value is -0.220. The Morgan fingerprint density at radius 1 is 1.24 bits per heavy atom. The summed E-state index contributed by atoms with van der Waals surface area (Å²) in [6.45, 7) is 9.03. The van der Waals surface area contributed by atoms with Crippen LogP contribution in [0, 0.1) is 0 Å². The quantitative estimate of drug-likeness (QED) is 0.635. The molecule has 0 spiro atoms. The summed E-state index contributed by atoms with van der Waals surface area (Å²) in [6, 6.07) is 0. The molecule has 17 heavy (non-hydrogen) atoms. The summed E-state index contributed by atoms with van der Waals surface area (Å²) < 4.78 is 0. The van der Waals surface area contributed by atoms with Crippen molar-refractivity contribution in [2.75, 3.05) is 39.5 Å². The molecule has 0 fully saturated rings. The van der Waals surface area contributed by atoms with E-state index in [-0.39, 0.29) is 0 Å². The van der Waals surface area contributed by atoms with Gasteiger partial charge in [0, 0.05) is 31.3 Å². The van der Waals surface area contributed by atoms with E-state index in [2.05, 4.69) is 39.8 Å². The molecular formula is C13H28N2OS. The first-order chi connectivity index (χ1) is 8.04. The molecule has 0 aliphatic carbocycles. The molecule has 0 N–H and O–H groups in total. The molecule has 0 aliphatic heterocycles. The highest BCUT2D eigenvalue weighted by Crippen LogP contribution is 2.16. The van der Waals surface area contributed by atoms with Crippen molar-refractivity contribution in [3.05, 3.63) is 0 Å². The van der Waals surface area contributed by atoms with Crippen LogP contribution in [0.3, 0.4) is 0 Å². The zero-order valence-electron chi connectivity index (χ0n) is 12.0. The van der Waals surface area contributed by atoms with Gasteiger partial charge < -0.3 is 9.80 Å². The van der Waals surface area contributed by atoms with E-state index in [1.165, 1.54) is 0 Å². The highest BCUT2D eigenvalue weighted by molar-refractivity contribution is 7.99. The SMILES string of the molecule is CCCN(CC)C(=O)CC(CN(C)C)SCC. The first kappa shape index (κ1) is 16.8. The van der Waals surface area contributed by atoms with Crippen molar-refractivity contribution in [1.29, 1.82) is 0 Å². The largest absolute Gasteiger partial charge is 0.343 e. The smallest absolute Gasteiger partial charge is 0.223 e. The van der Waals surface area contributed by atoms with Crippen molar-refractivity contribution in [3.8, 4) is 0 Å². The summed E-state index contributed by atoms with van der Waals surface area (Å²) in [5, 5.41) is 0.424. The van der Waals surface area contributed by atoms with Gasteiger partial charge in [-0.2, -0.15) is 11.8 Å². The van der Waals surface area contributed by atoms with Gasteiger partial charge in [-0.15, -0.1) is 0 Å². The minimum atomic E-state index is 0.308. The average Bonchev–Trinajstić information content (AvgIpc) is 2.25. The number of hydrogen-bond acceptors (Lipinski definition) is 3. The number of thioether (sulfide) groups is 1. The summed E-state index contributed by atoms with van der Waals surface area (Å²) in [7, 11) is 4.13. The molecule has 1 amide bonds. The predicted molar refractivity (Wildman–Crippen MR) is 77.6 cm³/mol. The maximum atomic E-state index is 12.1. The molecule has 0 heterocycles. The van der Waals surface area contributed by atoms with Crippen molar-refractivity contribution in [1.82, 2.24) is 9.80 Å². The first-order valence-corrected chi connectivity index (χ1v) is 7.64. The van der Waals surface area contributed by atoms with E-state index < -0.39 is 0 Å². The van der Waals surface area contributed by atoms with E-state index >= 15 is 0 Å². The summed E-state index contributed by atoms with van der Waals surface area (Å²) >= 11 is 1.89. The Morgan fingerprint density at radius 2 is 1.88 bits per heavy atom. The third-order valence-corrected chi connectivity index (χ3v) is 3.72. The van der Waals surface area contributed by atoms with Crippen LogP contribution >= 0.6 is 11.8 Å². The van der Waals surface area contributed by atoms with Gasteiger partial charge >= 0.3 is 0 Å². The van der Waals surface area contributed by atoms with Crippen molar-refractivity contribution in [2.24, 2.45) is 0 Å². The lowest BCUT2D eigenvalue weighted by Crippen LogP contribution is -2.35. The molecule has 3 nitrogen and oxygen atoms in total. The molecule has 0 aromatic carbocycles. The summed E-state index contributed by atoms with van der Waals surface area (Å²) in [6.07, 6.45) is 1.71. The van der Waals surface area contributed by atoms with Gasteiger partial charge in [-0.05, 0) is 33.2 Å². The molecule has 1 unspecified atom stereocenters. The Bertz CT molecular complexity index is 210. The van der Waals surface area contributed by atoms with E-state index in [4.69, 9.17) is 0 Å². The summed E-state index contributed by atoms with van der Waals surface area (Å²) in [5.41, 5.74) is 0. The second kappa shape index (κ2) is 9.77. The molecule has 102 valence electrons. The van der Waals surface area contributed by atoms with Crippen molar-refractivity contribution in [3.63, 3.8) is 0 Å². The van der Waals surface area contributed by atoms with Gasteiger partial charge in [-0.25, -0.2) is 0 Å². The molecule has 0 aromatic rings. The Labute approximate surface area is 111 Å². The lowest BCUT2D eigenvalue weighted by Gasteiger charge is -2.25. The van der Waals surface area contributed by atoms with Gasteiger partial charge in [0.2, 0.25) is 5.91 Å². The van der Waals surface area contributed by atoms with E-state index in [0.717, 1.165) is 31.8 Å². The molecular weight excluding hydrogens is 232 g/mol. The fourth-order valence-corrected chi connectivity index (χ4v) is 3.01. The fourth-order valence-electron chi connectivity index (χ4n) is 1.87. The van der Waals surface area contributed by atoms with Crippen LogP contribution in [0.15, 0.2) is 0 Å². The molecule has 0 saturated heterocycles. The Kier molecular flexibility index (Phi) is 9.65. The summed E-state index contributed by atoms with van der Waals surface area (Å²) in [5.74, 6) is 1.38. The lowest BCUT2D eigenvalue weighted by molar-refractivity contribution is -0.131. The number of amides is 1. The zero-order chi connectivity index (χ0) is 13.3.